The molecule has 0 unspecified atom stereocenters. The normalized spacial score (nSPS) is 26.2. The average Bonchev–Trinajstić information content (AvgIpc) is 3.21. The van der Waals surface area contributed by atoms with Gasteiger partial charge in [-0.15, -0.1) is 10.2 Å². The van der Waals surface area contributed by atoms with Crippen molar-refractivity contribution in [2.24, 2.45) is 17.8 Å². The van der Waals surface area contributed by atoms with Gasteiger partial charge in [0, 0.05) is 25.2 Å². The number of rotatable bonds is 3. The van der Waals surface area contributed by atoms with Crippen molar-refractivity contribution < 1.29 is 9.53 Å². The molecular weight excluding hydrogens is 326 g/mol. The first kappa shape index (κ1) is 15.5. The van der Waals surface area contributed by atoms with E-state index in [2.05, 4.69) is 25.4 Å². The lowest BCUT2D eigenvalue weighted by Crippen LogP contribution is -2.41. The minimum absolute atomic E-state index is 0.00740. The smallest absolute Gasteiger partial charge is 0.230 e. The standard InChI is InChI=1S/C16H19N5O2S/c1-10-19-20-16(24-10)21-6-11-8-23-9-14(13(11)7-21)15(22)18-12-3-2-4-17-5-12/h2-5,11,13-14H,6-9H2,1H3,(H,18,22)/t11-,13-,14-/m1/s1. The number of pyridine rings is 1. The van der Waals surface area contributed by atoms with Gasteiger partial charge in [-0.2, -0.15) is 0 Å². The molecule has 2 aliphatic heterocycles. The summed E-state index contributed by atoms with van der Waals surface area (Å²) < 4.78 is 5.71. The predicted octanol–water partition coefficient (Wildman–Crippen LogP) is 1.58. The molecule has 0 bridgehead atoms. The van der Waals surface area contributed by atoms with E-state index in [0.717, 1.165) is 28.9 Å². The Morgan fingerprint density at radius 2 is 2.29 bits per heavy atom. The summed E-state index contributed by atoms with van der Waals surface area (Å²) in [6.45, 7) is 4.83. The Labute approximate surface area is 144 Å². The number of nitrogens with one attached hydrogen (secondary N) is 1. The monoisotopic (exact) mass is 345 g/mol. The third-order valence-corrected chi connectivity index (χ3v) is 5.59. The highest BCUT2D eigenvalue weighted by Crippen LogP contribution is 2.37. The molecule has 0 spiro atoms. The summed E-state index contributed by atoms with van der Waals surface area (Å²) in [4.78, 5) is 19.0. The Kier molecular flexibility index (Phi) is 4.15. The van der Waals surface area contributed by atoms with Gasteiger partial charge in [-0.3, -0.25) is 9.78 Å². The fraction of sp³-hybridized carbons (Fsp3) is 0.500. The fourth-order valence-electron chi connectivity index (χ4n) is 3.51. The first-order valence-corrected chi connectivity index (χ1v) is 8.86. The highest BCUT2D eigenvalue weighted by atomic mass is 32.1. The van der Waals surface area contributed by atoms with Gasteiger partial charge in [-0.05, 0) is 25.0 Å². The van der Waals surface area contributed by atoms with Crippen LogP contribution >= 0.6 is 11.3 Å². The summed E-state index contributed by atoms with van der Waals surface area (Å²) in [5.74, 6) is 0.489. The van der Waals surface area contributed by atoms with E-state index >= 15 is 0 Å². The van der Waals surface area contributed by atoms with Crippen molar-refractivity contribution in [3.8, 4) is 0 Å². The van der Waals surface area contributed by atoms with Crippen LogP contribution in [0.3, 0.4) is 0 Å². The van der Waals surface area contributed by atoms with Crippen LogP contribution in [0.25, 0.3) is 0 Å². The Morgan fingerprint density at radius 3 is 3.04 bits per heavy atom. The lowest BCUT2D eigenvalue weighted by molar-refractivity contribution is -0.128. The van der Waals surface area contributed by atoms with Crippen LogP contribution in [0.4, 0.5) is 10.8 Å². The second-order valence-corrected chi connectivity index (χ2v) is 7.47. The summed E-state index contributed by atoms with van der Waals surface area (Å²) in [5, 5.41) is 13.2. The van der Waals surface area contributed by atoms with Crippen molar-refractivity contribution >= 4 is 28.1 Å². The first-order chi connectivity index (χ1) is 11.7. The number of hydrogen-bond donors (Lipinski definition) is 1. The van der Waals surface area contributed by atoms with E-state index in [4.69, 9.17) is 4.74 Å². The lowest BCUT2D eigenvalue weighted by Gasteiger charge is -2.31. The first-order valence-electron chi connectivity index (χ1n) is 8.04. The van der Waals surface area contributed by atoms with Crippen LogP contribution in [0.2, 0.25) is 0 Å². The highest BCUT2D eigenvalue weighted by Gasteiger charge is 2.44. The number of hydrogen-bond acceptors (Lipinski definition) is 7. The van der Waals surface area contributed by atoms with E-state index in [0.29, 0.717) is 19.1 Å². The van der Waals surface area contributed by atoms with Crippen molar-refractivity contribution in [2.45, 2.75) is 6.92 Å². The largest absolute Gasteiger partial charge is 0.380 e. The van der Waals surface area contributed by atoms with Gasteiger partial charge in [0.2, 0.25) is 11.0 Å². The van der Waals surface area contributed by atoms with Gasteiger partial charge in [0.15, 0.2) is 0 Å². The Hall–Kier alpha value is -2.06. The zero-order valence-electron chi connectivity index (χ0n) is 13.4. The number of anilines is 2. The topological polar surface area (TPSA) is 80.2 Å². The van der Waals surface area contributed by atoms with Crippen LogP contribution in [0.1, 0.15) is 5.01 Å². The number of fused-ring (bicyclic) bond motifs is 1. The summed E-state index contributed by atoms with van der Waals surface area (Å²) in [7, 11) is 0. The molecule has 8 heteroatoms. The Balaban J connectivity index is 1.47. The molecule has 1 N–H and O–H groups in total. The molecule has 2 fully saturated rings. The number of carbonyl (C=O) groups is 1. The maximum absolute atomic E-state index is 12.7. The van der Waals surface area contributed by atoms with E-state index < -0.39 is 0 Å². The number of amides is 1. The van der Waals surface area contributed by atoms with Gasteiger partial charge in [-0.25, -0.2) is 0 Å². The molecule has 2 aromatic rings. The average molecular weight is 345 g/mol. The molecule has 3 atom stereocenters. The maximum Gasteiger partial charge on any atom is 0.230 e. The van der Waals surface area contributed by atoms with Gasteiger partial charge in [0.25, 0.3) is 0 Å². The fourth-order valence-corrected chi connectivity index (χ4v) is 4.22. The maximum atomic E-state index is 12.7. The third kappa shape index (κ3) is 2.99. The molecule has 1 amide bonds. The van der Waals surface area contributed by atoms with Gasteiger partial charge in [-0.1, -0.05) is 11.3 Å². The molecule has 0 radical (unpaired) electrons. The zero-order valence-corrected chi connectivity index (χ0v) is 14.2. The van der Waals surface area contributed by atoms with Gasteiger partial charge < -0.3 is 15.0 Å². The van der Waals surface area contributed by atoms with Gasteiger partial charge in [0.1, 0.15) is 5.01 Å². The molecule has 0 aliphatic carbocycles. The van der Waals surface area contributed by atoms with Crippen LogP contribution < -0.4 is 10.2 Å². The molecule has 24 heavy (non-hydrogen) atoms. The number of aromatic nitrogens is 3. The lowest BCUT2D eigenvalue weighted by atomic mass is 9.82. The minimum Gasteiger partial charge on any atom is -0.380 e. The van der Waals surface area contributed by atoms with Crippen molar-refractivity contribution in [1.29, 1.82) is 0 Å². The summed E-state index contributed by atoms with van der Waals surface area (Å²) in [6, 6.07) is 3.65. The molecule has 0 saturated carbocycles. The summed E-state index contributed by atoms with van der Waals surface area (Å²) >= 11 is 1.60. The summed E-state index contributed by atoms with van der Waals surface area (Å²) in [6.07, 6.45) is 3.35. The molecule has 2 aliphatic rings. The quantitative estimate of drug-likeness (QED) is 0.910. The van der Waals surface area contributed by atoms with Crippen LogP contribution in [0, 0.1) is 24.7 Å². The molecule has 4 rings (SSSR count). The molecule has 4 heterocycles. The second-order valence-electron chi connectivity index (χ2n) is 6.31. The van der Waals surface area contributed by atoms with Gasteiger partial charge >= 0.3 is 0 Å². The van der Waals surface area contributed by atoms with Crippen molar-refractivity contribution in [3.63, 3.8) is 0 Å². The van der Waals surface area contributed by atoms with Crippen LogP contribution in [-0.2, 0) is 9.53 Å². The SMILES string of the molecule is Cc1nnc(N2C[C@@H]3COC[C@@H](C(=O)Nc4cccnc4)[C@@H]3C2)s1. The van der Waals surface area contributed by atoms with Crippen molar-refractivity contribution in [2.75, 3.05) is 36.5 Å². The highest BCUT2D eigenvalue weighted by molar-refractivity contribution is 7.15. The number of ether oxygens (including phenoxy) is 1. The zero-order chi connectivity index (χ0) is 16.5. The number of nitrogens with zero attached hydrogens (tertiary/aromatic N) is 4. The molecule has 0 aromatic carbocycles. The van der Waals surface area contributed by atoms with E-state index in [9.17, 15) is 4.79 Å². The number of aryl methyl sites for hydroxylation is 1. The molecule has 7 nitrogen and oxygen atoms in total. The van der Waals surface area contributed by atoms with Crippen molar-refractivity contribution in [3.05, 3.63) is 29.5 Å². The predicted molar refractivity (Wildman–Crippen MR) is 91.0 cm³/mol. The van der Waals surface area contributed by atoms with Gasteiger partial charge in [0.05, 0.1) is 31.0 Å². The number of carbonyl (C=O) groups excluding carboxylic acids is 1. The van der Waals surface area contributed by atoms with Crippen molar-refractivity contribution in [1.82, 2.24) is 15.2 Å². The second kappa shape index (κ2) is 6.45. The van der Waals surface area contributed by atoms with E-state index in [1.54, 1.807) is 23.7 Å². The van der Waals surface area contributed by atoms with Crippen LogP contribution in [0.15, 0.2) is 24.5 Å². The van der Waals surface area contributed by atoms with Crippen LogP contribution in [0.5, 0.6) is 0 Å². The van der Waals surface area contributed by atoms with Crippen LogP contribution in [-0.4, -0.2) is 47.4 Å². The Bertz CT molecular complexity index is 722. The summed E-state index contributed by atoms with van der Waals surface area (Å²) in [5.41, 5.74) is 0.722. The van der Waals surface area contributed by atoms with E-state index in [1.165, 1.54) is 0 Å². The van der Waals surface area contributed by atoms with E-state index in [1.807, 2.05) is 19.1 Å². The van der Waals surface area contributed by atoms with E-state index in [-0.39, 0.29) is 17.7 Å². The Morgan fingerprint density at radius 1 is 1.38 bits per heavy atom. The molecular formula is C16H19N5O2S. The molecule has 126 valence electrons. The minimum atomic E-state index is -0.150. The molecule has 2 saturated heterocycles. The molecule has 2 aromatic heterocycles. The third-order valence-electron chi connectivity index (χ3n) is 4.69.